The van der Waals surface area contributed by atoms with Crippen molar-refractivity contribution in [2.24, 2.45) is 0 Å². The van der Waals surface area contributed by atoms with E-state index in [0.717, 1.165) is 27.1 Å². The normalized spacial score (nSPS) is 12.4. The Morgan fingerprint density at radius 3 is 2.38 bits per heavy atom. The number of rotatable bonds is 6. The minimum Gasteiger partial charge on any atom is -0.316 e. The van der Waals surface area contributed by atoms with Gasteiger partial charge in [-0.1, -0.05) is 22.0 Å². The van der Waals surface area contributed by atoms with E-state index in [0.29, 0.717) is 0 Å². The molecule has 1 atom stereocenters. The van der Waals surface area contributed by atoms with E-state index in [1.165, 1.54) is 24.3 Å². The lowest BCUT2D eigenvalue weighted by molar-refractivity contribution is 0.607. The predicted octanol–water partition coefficient (Wildman–Crippen LogP) is 4.65. The van der Waals surface area contributed by atoms with Gasteiger partial charge in [-0.25, -0.2) is 8.78 Å². The Balaban J connectivity index is 1.95. The first-order chi connectivity index (χ1) is 10.1. The van der Waals surface area contributed by atoms with Crippen LogP contribution in [0, 0.1) is 11.6 Å². The molecule has 2 rings (SSSR count). The molecule has 0 aliphatic heterocycles. The summed E-state index contributed by atoms with van der Waals surface area (Å²) in [7, 11) is 1.91. The van der Waals surface area contributed by atoms with E-state index in [1.807, 2.05) is 7.05 Å². The van der Waals surface area contributed by atoms with Crippen molar-refractivity contribution in [3.63, 3.8) is 0 Å². The van der Waals surface area contributed by atoms with Gasteiger partial charge in [0.2, 0.25) is 0 Å². The molecule has 0 radical (unpaired) electrons. The van der Waals surface area contributed by atoms with Crippen molar-refractivity contribution in [3.8, 4) is 0 Å². The minimum absolute atomic E-state index is 0.222. The topological polar surface area (TPSA) is 12.0 Å². The maximum atomic E-state index is 13.1. The van der Waals surface area contributed by atoms with Crippen LogP contribution in [0.4, 0.5) is 8.78 Å². The standard InChI is InChI=1S/C16H16BrF2NS/c1-20-14(8-11-2-3-13(19)9-16(11)17)10-21-15-6-4-12(18)5-7-15/h2-7,9,14,20H,8,10H2,1H3. The average molecular weight is 372 g/mol. The largest absolute Gasteiger partial charge is 0.316 e. The van der Waals surface area contributed by atoms with Gasteiger partial charge in [-0.15, -0.1) is 11.8 Å². The van der Waals surface area contributed by atoms with E-state index >= 15 is 0 Å². The molecule has 0 amide bonds. The van der Waals surface area contributed by atoms with E-state index < -0.39 is 0 Å². The molecule has 0 aliphatic carbocycles. The van der Waals surface area contributed by atoms with Gasteiger partial charge in [0, 0.05) is 21.2 Å². The number of hydrogen-bond acceptors (Lipinski definition) is 2. The van der Waals surface area contributed by atoms with Gasteiger partial charge in [0.05, 0.1) is 0 Å². The van der Waals surface area contributed by atoms with E-state index in [2.05, 4.69) is 21.2 Å². The molecular weight excluding hydrogens is 356 g/mol. The summed E-state index contributed by atoms with van der Waals surface area (Å²) in [6, 6.07) is 11.5. The first-order valence-corrected chi connectivity index (χ1v) is 8.36. The molecule has 5 heteroatoms. The molecule has 0 aliphatic rings. The number of hydrogen-bond donors (Lipinski definition) is 1. The molecule has 1 unspecified atom stereocenters. The van der Waals surface area contributed by atoms with Crippen molar-refractivity contribution >= 4 is 27.7 Å². The summed E-state index contributed by atoms with van der Waals surface area (Å²) >= 11 is 5.06. The third-order valence-corrected chi connectivity index (χ3v) is 5.07. The van der Waals surface area contributed by atoms with E-state index in [1.54, 1.807) is 30.0 Å². The number of thioether (sulfide) groups is 1. The summed E-state index contributed by atoms with van der Waals surface area (Å²) in [5, 5.41) is 3.26. The minimum atomic E-state index is -0.243. The number of likely N-dealkylation sites (N-methyl/N-ethyl adjacent to an activating group) is 1. The smallest absolute Gasteiger partial charge is 0.124 e. The highest BCUT2D eigenvalue weighted by molar-refractivity contribution is 9.10. The van der Waals surface area contributed by atoms with Crippen LogP contribution < -0.4 is 5.32 Å². The third kappa shape index (κ3) is 5.09. The Morgan fingerprint density at radius 2 is 1.76 bits per heavy atom. The van der Waals surface area contributed by atoms with Crippen molar-refractivity contribution < 1.29 is 8.78 Å². The molecule has 21 heavy (non-hydrogen) atoms. The molecule has 0 fully saturated rings. The predicted molar refractivity (Wildman–Crippen MR) is 87.8 cm³/mol. The van der Waals surface area contributed by atoms with Crippen LogP contribution in [0.25, 0.3) is 0 Å². The second-order valence-corrected chi connectivity index (χ2v) is 6.64. The first kappa shape index (κ1) is 16.5. The van der Waals surface area contributed by atoms with Gasteiger partial charge in [0.25, 0.3) is 0 Å². The van der Waals surface area contributed by atoms with Crippen LogP contribution in [0.5, 0.6) is 0 Å². The van der Waals surface area contributed by atoms with Crippen LogP contribution in [0.3, 0.4) is 0 Å². The molecule has 1 nitrogen and oxygen atoms in total. The molecule has 0 aromatic heterocycles. The van der Waals surface area contributed by atoms with Gasteiger partial charge in [-0.3, -0.25) is 0 Å². The summed E-state index contributed by atoms with van der Waals surface area (Å²) in [4.78, 5) is 1.04. The average Bonchev–Trinajstić information content (AvgIpc) is 2.47. The van der Waals surface area contributed by atoms with Crippen LogP contribution in [-0.2, 0) is 6.42 Å². The van der Waals surface area contributed by atoms with Crippen molar-refractivity contribution in [3.05, 3.63) is 64.1 Å². The molecule has 2 aromatic rings. The van der Waals surface area contributed by atoms with E-state index in [-0.39, 0.29) is 17.7 Å². The van der Waals surface area contributed by atoms with E-state index in [9.17, 15) is 8.78 Å². The van der Waals surface area contributed by atoms with Crippen molar-refractivity contribution in [2.45, 2.75) is 17.4 Å². The van der Waals surface area contributed by atoms with Crippen molar-refractivity contribution in [1.82, 2.24) is 5.32 Å². The second-order valence-electron chi connectivity index (χ2n) is 4.69. The first-order valence-electron chi connectivity index (χ1n) is 6.58. The fourth-order valence-electron chi connectivity index (χ4n) is 1.92. The van der Waals surface area contributed by atoms with Crippen LogP contribution in [0.15, 0.2) is 51.8 Å². The molecule has 0 saturated heterocycles. The lowest BCUT2D eigenvalue weighted by Gasteiger charge is -2.17. The van der Waals surface area contributed by atoms with Crippen LogP contribution in [-0.4, -0.2) is 18.8 Å². The fraction of sp³-hybridized carbons (Fsp3) is 0.250. The molecule has 0 spiro atoms. The number of nitrogens with one attached hydrogen (secondary N) is 1. The van der Waals surface area contributed by atoms with Crippen molar-refractivity contribution in [2.75, 3.05) is 12.8 Å². The molecule has 0 saturated carbocycles. The molecule has 0 bridgehead atoms. The van der Waals surface area contributed by atoms with Gasteiger partial charge in [-0.05, 0) is 55.4 Å². The summed E-state index contributed by atoms with van der Waals surface area (Å²) in [6.07, 6.45) is 0.797. The molecule has 1 N–H and O–H groups in total. The van der Waals surface area contributed by atoms with Gasteiger partial charge in [0.1, 0.15) is 11.6 Å². The highest BCUT2D eigenvalue weighted by Crippen LogP contribution is 2.23. The zero-order valence-corrected chi connectivity index (χ0v) is 14.0. The van der Waals surface area contributed by atoms with Gasteiger partial charge >= 0.3 is 0 Å². The lowest BCUT2D eigenvalue weighted by Crippen LogP contribution is -2.30. The molecular formula is C16H16BrF2NS. The summed E-state index contributed by atoms with van der Waals surface area (Å²) in [5.41, 5.74) is 1.07. The number of halogens is 3. The molecule has 2 aromatic carbocycles. The zero-order chi connectivity index (χ0) is 15.2. The third-order valence-electron chi connectivity index (χ3n) is 3.15. The summed E-state index contributed by atoms with van der Waals surface area (Å²) < 4.78 is 26.7. The Hall–Kier alpha value is -0.910. The maximum Gasteiger partial charge on any atom is 0.124 e. The molecule has 112 valence electrons. The highest BCUT2D eigenvalue weighted by atomic mass is 79.9. The van der Waals surface area contributed by atoms with E-state index in [4.69, 9.17) is 0 Å². The summed E-state index contributed by atoms with van der Waals surface area (Å²) in [5.74, 6) is 0.387. The Kier molecular flexibility index (Phi) is 6.21. The Bertz CT molecular complexity index is 589. The van der Waals surface area contributed by atoms with Crippen LogP contribution in [0.2, 0.25) is 0 Å². The maximum absolute atomic E-state index is 13.1. The quantitative estimate of drug-likeness (QED) is 0.741. The zero-order valence-electron chi connectivity index (χ0n) is 11.6. The number of benzene rings is 2. The summed E-state index contributed by atoms with van der Waals surface area (Å²) in [6.45, 7) is 0. The Morgan fingerprint density at radius 1 is 1.10 bits per heavy atom. The molecule has 0 heterocycles. The van der Waals surface area contributed by atoms with Crippen LogP contribution >= 0.6 is 27.7 Å². The monoisotopic (exact) mass is 371 g/mol. The lowest BCUT2D eigenvalue weighted by atomic mass is 10.1. The van der Waals surface area contributed by atoms with Gasteiger partial charge in [0.15, 0.2) is 0 Å². The Labute approximate surface area is 136 Å². The van der Waals surface area contributed by atoms with Crippen molar-refractivity contribution in [1.29, 1.82) is 0 Å². The highest BCUT2D eigenvalue weighted by Gasteiger charge is 2.11. The van der Waals surface area contributed by atoms with Gasteiger partial charge < -0.3 is 5.32 Å². The SMILES string of the molecule is CNC(CSc1ccc(F)cc1)Cc1ccc(F)cc1Br. The fourth-order valence-corrected chi connectivity index (χ4v) is 3.44. The van der Waals surface area contributed by atoms with Crippen LogP contribution in [0.1, 0.15) is 5.56 Å². The second kappa shape index (κ2) is 7.92. The van der Waals surface area contributed by atoms with Gasteiger partial charge in [-0.2, -0.15) is 0 Å².